The van der Waals surface area contributed by atoms with Gasteiger partial charge in [0.05, 0.1) is 22.9 Å². The molecule has 1 aliphatic heterocycles. The highest BCUT2D eigenvalue weighted by molar-refractivity contribution is 6.33. The van der Waals surface area contributed by atoms with E-state index in [-0.39, 0.29) is 12.8 Å². The predicted molar refractivity (Wildman–Crippen MR) is 80.1 cm³/mol. The second kappa shape index (κ2) is 4.84. The first-order valence-corrected chi connectivity index (χ1v) is 7.46. The quantitative estimate of drug-likeness (QED) is 0.925. The smallest absolute Gasteiger partial charge is 0.231 e. The van der Waals surface area contributed by atoms with Crippen molar-refractivity contribution in [2.24, 2.45) is 7.05 Å². The molecule has 1 atom stereocenters. The van der Waals surface area contributed by atoms with Gasteiger partial charge in [0, 0.05) is 30.4 Å². The second-order valence-corrected chi connectivity index (χ2v) is 5.85. The lowest BCUT2D eigenvalue weighted by Crippen LogP contribution is -2.18. The molecule has 4 rings (SSSR count). The minimum atomic E-state index is 0.236. The number of aryl methyl sites for hydroxylation is 1. The summed E-state index contributed by atoms with van der Waals surface area (Å²) in [4.78, 5) is 0. The summed E-state index contributed by atoms with van der Waals surface area (Å²) in [7, 11) is 1.99. The molecule has 1 aromatic heterocycles. The Hall–Kier alpha value is -1.88. The number of rotatable bonds is 2. The predicted octanol–water partition coefficient (Wildman–Crippen LogP) is 3.29. The third kappa shape index (κ3) is 2.12. The molecule has 2 aliphatic rings. The van der Waals surface area contributed by atoms with E-state index in [1.807, 2.05) is 24.0 Å². The highest BCUT2D eigenvalue weighted by atomic mass is 35.5. The number of anilines is 1. The van der Waals surface area contributed by atoms with E-state index in [4.69, 9.17) is 21.1 Å². The molecule has 0 saturated carbocycles. The molecule has 1 unspecified atom stereocenters. The van der Waals surface area contributed by atoms with Crippen molar-refractivity contribution < 1.29 is 9.47 Å². The van der Waals surface area contributed by atoms with Crippen LogP contribution in [0.4, 0.5) is 5.69 Å². The molecule has 5 nitrogen and oxygen atoms in total. The fourth-order valence-corrected chi connectivity index (χ4v) is 3.28. The Morgan fingerprint density at radius 2 is 2.14 bits per heavy atom. The van der Waals surface area contributed by atoms with Crippen LogP contribution in [0, 0.1) is 0 Å². The van der Waals surface area contributed by atoms with Crippen LogP contribution in [0.3, 0.4) is 0 Å². The van der Waals surface area contributed by atoms with Crippen molar-refractivity contribution in [3.8, 4) is 11.5 Å². The van der Waals surface area contributed by atoms with Gasteiger partial charge in [0.1, 0.15) is 0 Å². The third-order valence-electron chi connectivity index (χ3n) is 4.17. The van der Waals surface area contributed by atoms with Crippen molar-refractivity contribution in [2.75, 3.05) is 12.1 Å². The Balaban J connectivity index is 1.65. The van der Waals surface area contributed by atoms with Crippen molar-refractivity contribution in [1.82, 2.24) is 9.78 Å². The number of benzene rings is 1. The number of nitrogens with one attached hydrogen (secondary N) is 1. The van der Waals surface area contributed by atoms with Crippen molar-refractivity contribution >= 4 is 17.3 Å². The number of hydrogen-bond acceptors (Lipinski definition) is 4. The Labute approximate surface area is 127 Å². The molecule has 0 saturated heterocycles. The number of nitrogens with zero attached hydrogens (tertiary/aromatic N) is 2. The van der Waals surface area contributed by atoms with E-state index in [0.29, 0.717) is 10.8 Å². The first-order valence-electron chi connectivity index (χ1n) is 7.09. The zero-order valence-corrected chi connectivity index (χ0v) is 12.5. The molecular weight excluding hydrogens is 290 g/mol. The van der Waals surface area contributed by atoms with Gasteiger partial charge in [-0.3, -0.25) is 4.68 Å². The first kappa shape index (κ1) is 12.8. The molecule has 2 aromatic rings. The normalized spacial score (nSPS) is 19.4. The molecule has 1 aliphatic carbocycles. The SMILES string of the molecule is Cn1ncc2c1CCCC2Nc1cc2c(cc1Cl)OCO2. The van der Waals surface area contributed by atoms with E-state index in [0.717, 1.165) is 30.7 Å². The van der Waals surface area contributed by atoms with Gasteiger partial charge in [0.15, 0.2) is 11.5 Å². The van der Waals surface area contributed by atoms with Crippen LogP contribution in [-0.2, 0) is 13.5 Å². The summed E-state index contributed by atoms with van der Waals surface area (Å²) < 4.78 is 12.7. The largest absolute Gasteiger partial charge is 0.454 e. The van der Waals surface area contributed by atoms with Gasteiger partial charge < -0.3 is 14.8 Å². The van der Waals surface area contributed by atoms with Crippen molar-refractivity contribution in [2.45, 2.75) is 25.3 Å². The maximum atomic E-state index is 6.34. The Kier molecular flexibility index (Phi) is 2.96. The third-order valence-corrected chi connectivity index (χ3v) is 4.48. The van der Waals surface area contributed by atoms with E-state index in [2.05, 4.69) is 10.4 Å². The fourth-order valence-electron chi connectivity index (χ4n) is 3.07. The van der Waals surface area contributed by atoms with E-state index in [1.54, 1.807) is 6.07 Å². The zero-order chi connectivity index (χ0) is 14.4. The van der Waals surface area contributed by atoms with Crippen molar-refractivity contribution in [3.63, 3.8) is 0 Å². The van der Waals surface area contributed by atoms with Crippen molar-refractivity contribution in [1.29, 1.82) is 0 Å². The standard InChI is InChI=1S/C15H16ClN3O2/c1-19-13-4-2-3-11(9(13)7-17-19)18-12-6-15-14(5-10(12)16)20-8-21-15/h5-7,11,18H,2-4,8H2,1H3. The second-order valence-electron chi connectivity index (χ2n) is 5.44. The summed E-state index contributed by atoms with van der Waals surface area (Å²) in [6, 6.07) is 3.95. The minimum Gasteiger partial charge on any atom is -0.454 e. The van der Waals surface area contributed by atoms with E-state index < -0.39 is 0 Å². The van der Waals surface area contributed by atoms with Gasteiger partial charge in [0.2, 0.25) is 6.79 Å². The summed E-state index contributed by atoms with van der Waals surface area (Å²) in [5.41, 5.74) is 3.44. The number of fused-ring (bicyclic) bond motifs is 2. The van der Waals surface area contributed by atoms with Crippen LogP contribution in [0.2, 0.25) is 5.02 Å². The molecule has 0 radical (unpaired) electrons. The van der Waals surface area contributed by atoms with Crippen LogP contribution < -0.4 is 14.8 Å². The van der Waals surface area contributed by atoms with Gasteiger partial charge in [-0.1, -0.05) is 11.6 Å². The fraction of sp³-hybridized carbons (Fsp3) is 0.400. The summed E-state index contributed by atoms with van der Waals surface area (Å²) in [6.07, 6.45) is 5.25. The van der Waals surface area contributed by atoms with Gasteiger partial charge in [-0.05, 0) is 19.3 Å². The van der Waals surface area contributed by atoms with E-state index >= 15 is 0 Å². The monoisotopic (exact) mass is 305 g/mol. The molecule has 21 heavy (non-hydrogen) atoms. The lowest BCUT2D eigenvalue weighted by molar-refractivity contribution is 0.174. The van der Waals surface area contributed by atoms with Gasteiger partial charge in [-0.15, -0.1) is 0 Å². The Bertz CT molecular complexity index is 698. The summed E-state index contributed by atoms with van der Waals surface area (Å²) >= 11 is 6.34. The van der Waals surface area contributed by atoms with Crippen LogP contribution in [0.25, 0.3) is 0 Å². The van der Waals surface area contributed by atoms with Crippen LogP contribution in [-0.4, -0.2) is 16.6 Å². The number of hydrogen-bond donors (Lipinski definition) is 1. The van der Waals surface area contributed by atoms with Gasteiger partial charge in [-0.25, -0.2) is 0 Å². The summed E-state index contributed by atoms with van der Waals surface area (Å²) in [6.45, 7) is 0.255. The number of halogens is 1. The average Bonchev–Trinajstić information content (AvgIpc) is 3.07. The molecule has 6 heteroatoms. The number of ether oxygens (including phenoxy) is 2. The van der Waals surface area contributed by atoms with Crippen LogP contribution in [0.1, 0.15) is 30.1 Å². The summed E-state index contributed by atoms with van der Waals surface area (Å²) in [5.74, 6) is 1.44. The topological polar surface area (TPSA) is 48.3 Å². The number of aromatic nitrogens is 2. The average molecular weight is 306 g/mol. The molecule has 2 heterocycles. The lowest BCUT2D eigenvalue weighted by atomic mass is 9.93. The van der Waals surface area contributed by atoms with Crippen molar-refractivity contribution in [3.05, 3.63) is 34.6 Å². The molecule has 0 fully saturated rings. The Morgan fingerprint density at radius 3 is 3.00 bits per heavy atom. The first-order chi connectivity index (χ1) is 10.2. The maximum Gasteiger partial charge on any atom is 0.231 e. The highest BCUT2D eigenvalue weighted by Gasteiger charge is 2.25. The zero-order valence-electron chi connectivity index (χ0n) is 11.7. The minimum absolute atomic E-state index is 0.236. The molecular formula is C15H16ClN3O2. The van der Waals surface area contributed by atoms with Gasteiger partial charge in [-0.2, -0.15) is 5.10 Å². The van der Waals surface area contributed by atoms with Crippen LogP contribution in [0.15, 0.2) is 18.3 Å². The molecule has 0 amide bonds. The Morgan fingerprint density at radius 1 is 1.33 bits per heavy atom. The molecule has 0 spiro atoms. The lowest BCUT2D eigenvalue weighted by Gasteiger charge is -2.25. The molecule has 1 aromatic carbocycles. The van der Waals surface area contributed by atoms with E-state index in [9.17, 15) is 0 Å². The summed E-state index contributed by atoms with van der Waals surface area (Å²) in [5, 5.41) is 8.55. The maximum absolute atomic E-state index is 6.34. The van der Waals surface area contributed by atoms with Gasteiger partial charge in [0.25, 0.3) is 0 Å². The molecule has 1 N–H and O–H groups in total. The van der Waals surface area contributed by atoms with Crippen LogP contribution >= 0.6 is 11.6 Å². The van der Waals surface area contributed by atoms with Gasteiger partial charge >= 0.3 is 0 Å². The molecule has 0 bridgehead atoms. The van der Waals surface area contributed by atoms with E-state index in [1.165, 1.54) is 11.3 Å². The molecule has 110 valence electrons. The highest BCUT2D eigenvalue weighted by Crippen LogP contribution is 2.41. The van der Waals surface area contributed by atoms with Crippen LogP contribution in [0.5, 0.6) is 11.5 Å².